The van der Waals surface area contributed by atoms with Crippen LogP contribution in [0, 0.1) is 0 Å². The molecule has 19 heavy (non-hydrogen) atoms. The Kier molecular flexibility index (Phi) is 3.97. The van der Waals surface area contributed by atoms with Gasteiger partial charge in [0.25, 0.3) is 0 Å². The standard InChI is InChI=1S/C14H14N2O2S/c1-18-11-4-2-3-5-12(11)19-13-8-9(14(16)17)6-7-10(13)15/h2-8H,15H2,1H3,(H2,16,17). The molecule has 0 aliphatic carbocycles. The summed E-state index contributed by atoms with van der Waals surface area (Å²) < 4.78 is 5.28. The van der Waals surface area contributed by atoms with Crippen LogP contribution in [0.2, 0.25) is 0 Å². The third-order valence-electron chi connectivity index (χ3n) is 2.59. The molecule has 98 valence electrons. The van der Waals surface area contributed by atoms with Crippen LogP contribution < -0.4 is 16.2 Å². The SMILES string of the molecule is COc1ccccc1Sc1cc(C(N)=O)ccc1N. The first-order chi connectivity index (χ1) is 9.11. The number of rotatable bonds is 4. The van der Waals surface area contributed by atoms with Gasteiger partial charge in [-0.15, -0.1) is 0 Å². The summed E-state index contributed by atoms with van der Waals surface area (Å²) in [7, 11) is 1.61. The topological polar surface area (TPSA) is 78.3 Å². The van der Waals surface area contributed by atoms with Gasteiger partial charge in [-0.25, -0.2) is 0 Å². The van der Waals surface area contributed by atoms with Crippen molar-refractivity contribution in [3.05, 3.63) is 48.0 Å². The van der Waals surface area contributed by atoms with E-state index in [4.69, 9.17) is 16.2 Å². The number of primary amides is 1. The van der Waals surface area contributed by atoms with Crippen LogP contribution in [0.5, 0.6) is 5.75 Å². The number of amides is 1. The van der Waals surface area contributed by atoms with Crippen LogP contribution in [0.4, 0.5) is 5.69 Å². The second-order valence-corrected chi connectivity index (χ2v) is 4.95. The highest BCUT2D eigenvalue weighted by molar-refractivity contribution is 7.99. The molecule has 2 aromatic rings. The lowest BCUT2D eigenvalue weighted by Gasteiger charge is -2.10. The van der Waals surface area contributed by atoms with Gasteiger partial charge in [0.2, 0.25) is 5.91 Å². The summed E-state index contributed by atoms with van der Waals surface area (Å²) in [5.74, 6) is 0.290. The van der Waals surface area contributed by atoms with Crippen molar-refractivity contribution in [3.8, 4) is 5.75 Å². The maximum Gasteiger partial charge on any atom is 0.248 e. The van der Waals surface area contributed by atoms with Gasteiger partial charge in [-0.1, -0.05) is 23.9 Å². The normalized spacial score (nSPS) is 10.2. The first-order valence-electron chi connectivity index (χ1n) is 5.62. The summed E-state index contributed by atoms with van der Waals surface area (Å²) in [6, 6.07) is 12.6. The van der Waals surface area contributed by atoms with Gasteiger partial charge in [0, 0.05) is 16.1 Å². The zero-order valence-electron chi connectivity index (χ0n) is 10.4. The lowest BCUT2D eigenvalue weighted by Crippen LogP contribution is -2.11. The maximum absolute atomic E-state index is 11.2. The Bertz CT molecular complexity index is 614. The zero-order chi connectivity index (χ0) is 13.8. The maximum atomic E-state index is 11.2. The fraction of sp³-hybridized carbons (Fsp3) is 0.0714. The van der Waals surface area contributed by atoms with Gasteiger partial charge in [0.05, 0.1) is 12.0 Å². The predicted molar refractivity (Wildman–Crippen MR) is 76.5 cm³/mol. The third-order valence-corrected chi connectivity index (χ3v) is 3.72. The number of hydrogen-bond donors (Lipinski definition) is 2. The van der Waals surface area contributed by atoms with Gasteiger partial charge in [-0.05, 0) is 30.3 Å². The monoisotopic (exact) mass is 274 g/mol. The Morgan fingerprint density at radius 3 is 2.58 bits per heavy atom. The van der Waals surface area contributed by atoms with Gasteiger partial charge in [0.1, 0.15) is 5.75 Å². The van der Waals surface area contributed by atoms with Crippen molar-refractivity contribution in [2.75, 3.05) is 12.8 Å². The van der Waals surface area contributed by atoms with Crippen molar-refractivity contribution in [3.63, 3.8) is 0 Å². The molecule has 2 aromatic carbocycles. The molecule has 0 aromatic heterocycles. The molecule has 0 aliphatic heterocycles. The van der Waals surface area contributed by atoms with Crippen molar-refractivity contribution in [1.82, 2.24) is 0 Å². The van der Waals surface area contributed by atoms with E-state index in [1.165, 1.54) is 11.8 Å². The molecular weight excluding hydrogens is 260 g/mol. The molecular formula is C14H14N2O2S. The molecule has 0 atom stereocenters. The van der Waals surface area contributed by atoms with E-state index in [-0.39, 0.29) is 0 Å². The molecule has 1 amide bonds. The molecule has 2 rings (SSSR count). The lowest BCUT2D eigenvalue weighted by atomic mass is 10.2. The number of para-hydroxylation sites is 1. The molecule has 0 fully saturated rings. The van der Waals surface area contributed by atoms with Crippen LogP contribution in [0.15, 0.2) is 52.3 Å². The number of hydrogen-bond acceptors (Lipinski definition) is 4. The molecule has 0 aliphatic rings. The number of nitrogen functional groups attached to an aromatic ring is 1. The minimum atomic E-state index is -0.470. The molecule has 0 spiro atoms. The Balaban J connectivity index is 2.37. The summed E-state index contributed by atoms with van der Waals surface area (Å²) in [6.45, 7) is 0. The van der Waals surface area contributed by atoms with E-state index in [2.05, 4.69) is 0 Å². The van der Waals surface area contributed by atoms with E-state index in [0.29, 0.717) is 11.3 Å². The van der Waals surface area contributed by atoms with Gasteiger partial charge < -0.3 is 16.2 Å². The number of ether oxygens (including phenoxy) is 1. The first kappa shape index (κ1) is 13.3. The number of carbonyl (C=O) groups is 1. The molecule has 5 heteroatoms. The van der Waals surface area contributed by atoms with Gasteiger partial charge in [-0.2, -0.15) is 0 Å². The summed E-state index contributed by atoms with van der Waals surface area (Å²) in [4.78, 5) is 12.9. The number of anilines is 1. The molecule has 0 bridgehead atoms. The van der Waals surface area contributed by atoms with E-state index in [1.807, 2.05) is 24.3 Å². The Morgan fingerprint density at radius 2 is 1.89 bits per heavy atom. The number of methoxy groups -OCH3 is 1. The predicted octanol–water partition coefficient (Wildman–Crippen LogP) is 2.53. The summed E-state index contributed by atoms with van der Waals surface area (Å²) in [5, 5.41) is 0. The average molecular weight is 274 g/mol. The second kappa shape index (κ2) is 5.67. The highest BCUT2D eigenvalue weighted by atomic mass is 32.2. The molecule has 0 unspecified atom stereocenters. The minimum Gasteiger partial charge on any atom is -0.496 e. The first-order valence-corrected chi connectivity index (χ1v) is 6.43. The number of benzene rings is 2. The van der Waals surface area contributed by atoms with E-state index in [9.17, 15) is 4.79 Å². The molecule has 4 N–H and O–H groups in total. The molecule has 4 nitrogen and oxygen atoms in total. The lowest BCUT2D eigenvalue weighted by molar-refractivity contribution is 0.1000. The van der Waals surface area contributed by atoms with Gasteiger partial charge >= 0.3 is 0 Å². The van der Waals surface area contributed by atoms with Gasteiger partial charge in [0.15, 0.2) is 0 Å². The fourth-order valence-electron chi connectivity index (χ4n) is 1.60. The molecule has 0 saturated carbocycles. The molecule has 0 heterocycles. The van der Waals surface area contributed by atoms with Crippen molar-refractivity contribution in [2.45, 2.75) is 9.79 Å². The largest absolute Gasteiger partial charge is 0.496 e. The second-order valence-electron chi connectivity index (χ2n) is 3.87. The highest BCUT2D eigenvalue weighted by Gasteiger charge is 2.09. The van der Waals surface area contributed by atoms with Crippen molar-refractivity contribution < 1.29 is 9.53 Å². The van der Waals surface area contributed by atoms with Crippen molar-refractivity contribution in [2.24, 2.45) is 5.73 Å². The summed E-state index contributed by atoms with van der Waals surface area (Å²) in [6.07, 6.45) is 0. The highest BCUT2D eigenvalue weighted by Crippen LogP contribution is 2.37. The van der Waals surface area contributed by atoms with Crippen LogP contribution in [-0.2, 0) is 0 Å². The van der Waals surface area contributed by atoms with E-state index >= 15 is 0 Å². The zero-order valence-corrected chi connectivity index (χ0v) is 11.2. The van der Waals surface area contributed by atoms with Crippen molar-refractivity contribution in [1.29, 1.82) is 0 Å². The van der Waals surface area contributed by atoms with E-state index < -0.39 is 5.91 Å². The minimum absolute atomic E-state index is 0.437. The average Bonchev–Trinajstić information content (AvgIpc) is 2.41. The Labute approximate surface area is 115 Å². The van der Waals surface area contributed by atoms with E-state index in [1.54, 1.807) is 25.3 Å². The molecule has 0 saturated heterocycles. The van der Waals surface area contributed by atoms with Crippen LogP contribution in [0.1, 0.15) is 10.4 Å². The van der Waals surface area contributed by atoms with Crippen LogP contribution in [0.3, 0.4) is 0 Å². The van der Waals surface area contributed by atoms with Gasteiger partial charge in [-0.3, -0.25) is 4.79 Å². The number of carbonyl (C=O) groups excluding carboxylic acids is 1. The van der Waals surface area contributed by atoms with Crippen molar-refractivity contribution >= 4 is 23.4 Å². The van der Waals surface area contributed by atoms with Crippen LogP contribution >= 0.6 is 11.8 Å². The quantitative estimate of drug-likeness (QED) is 0.840. The Hall–Kier alpha value is -2.14. The van der Waals surface area contributed by atoms with Crippen LogP contribution in [0.25, 0.3) is 0 Å². The summed E-state index contributed by atoms with van der Waals surface area (Å²) >= 11 is 1.44. The third kappa shape index (κ3) is 3.00. The molecule has 0 radical (unpaired) electrons. The smallest absolute Gasteiger partial charge is 0.248 e. The van der Waals surface area contributed by atoms with Crippen LogP contribution in [-0.4, -0.2) is 13.0 Å². The van der Waals surface area contributed by atoms with E-state index in [0.717, 1.165) is 15.5 Å². The Morgan fingerprint density at radius 1 is 1.16 bits per heavy atom. The fourth-order valence-corrected chi connectivity index (χ4v) is 2.60. The number of nitrogens with two attached hydrogens (primary N) is 2. The summed E-state index contributed by atoms with van der Waals surface area (Å²) in [5.41, 5.74) is 12.2.